The van der Waals surface area contributed by atoms with E-state index >= 15 is 0 Å². The van der Waals surface area contributed by atoms with Crippen LogP contribution in [-0.2, 0) is 0 Å². The second kappa shape index (κ2) is 8.60. The molecule has 2 N–H and O–H groups in total. The Morgan fingerprint density at radius 3 is 2.38 bits per heavy atom. The van der Waals surface area contributed by atoms with E-state index in [-0.39, 0.29) is 23.6 Å². The largest absolute Gasteiger partial charge is 0.361 e. The number of nitrogens with zero attached hydrogens (tertiary/aromatic N) is 3. The molecular weight excluding hydrogens is 330 g/mol. The molecule has 0 radical (unpaired) electrons. The van der Waals surface area contributed by atoms with Gasteiger partial charge < -0.3 is 10.6 Å². The minimum absolute atomic E-state index is 0.0838. The zero-order chi connectivity index (χ0) is 18.4. The summed E-state index contributed by atoms with van der Waals surface area (Å²) in [5.74, 6) is 0.553. The van der Waals surface area contributed by atoms with Crippen LogP contribution in [0, 0.1) is 10.1 Å². The summed E-state index contributed by atoms with van der Waals surface area (Å²) in [6.07, 6.45) is 8.16. The Morgan fingerprint density at radius 2 is 1.73 bits per heavy atom. The SMILES string of the molecule is CC(Nc1ncnc(NC2CCCCCC2)c1[N+](=O)[O-])c1ccccc1. The monoisotopic (exact) mass is 355 g/mol. The van der Waals surface area contributed by atoms with Crippen molar-refractivity contribution in [1.82, 2.24) is 9.97 Å². The Morgan fingerprint density at radius 1 is 1.08 bits per heavy atom. The van der Waals surface area contributed by atoms with Gasteiger partial charge in [-0.2, -0.15) is 0 Å². The van der Waals surface area contributed by atoms with Crippen LogP contribution in [0.4, 0.5) is 17.3 Å². The summed E-state index contributed by atoms with van der Waals surface area (Å²) < 4.78 is 0. The van der Waals surface area contributed by atoms with Gasteiger partial charge in [0.15, 0.2) is 0 Å². The van der Waals surface area contributed by atoms with Crippen LogP contribution in [0.5, 0.6) is 0 Å². The molecule has 1 aliphatic rings. The van der Waals surface area contributed by atoms with E-state index in [4.69, 9.17) is 0 Å². The molecule has 138 valence electrons. The Bertz CT molecular complexity index is 730. The molecule has 7 heteroatoms. The third-order valence-corrected chi connectivity index (χ3v) is 4.85. The van der Waals surface area contributed by atoms with E-state index in [1.807, 2.05) is 37.3 Å². The first-order valence-electron chi connectivity index (χ1n) is 9.22. The average Bonchev–Trinajstić information content (AvgIpc) is 2.91. The van der Waals surface area contributed by atoms with Gasteiger partial charge in [-0.3, -0.25) is 10.1 Å². The van der Waals surface area contributed by atoms with Crippen molar-refractivity contribution in [2.75, 3.05) is 10.6 Å². The molecule has 2 aromatic rings. The second-order valence-electron chi connectivity index (χ2n) is 6.79. The number of aromatic nitrogens is 2. The molecular formula is C19H25N5O2. The van der Waals surface area contributed by atoms with Crippen LogP contribution in [0.3, 0.4) is 0 Å². The number of nitrogens with one attached hydrogen (secondary N) is 2. The van der Waals surface area contributed by atoms with Crippen molar-refractivity contribution in [2.45, 2.75) is 57.5 Å². The molecule has 1 saturated carbocycles. The summed E-state index contributed by atoms with van der Waals surface area (Å²) in [4.78, 5) is 19.6. The van der Waals surface area contributed by atoms with Gasteiger partial charge >= 0.3 is 5.69 Å². The highest BCUT2D eigenvalue weighted by molar-refractivity contribution is 5.69. The normalized spacial score (nSPS) is 16.5. The first kappa shape index (κ1) is 18.1. The summed E-state index contributed by atoms with van der Waals surface area (Å²) in [6.45, 7) is 1.96. The smallest absolute Gasteiger partial charge is 0.353 e. The van der Waals surface area contributed by atoms with E-state index in [9.17, 15) is 10.1 Å². The number of rotatable bonds is 6. The van der Waals surface area contributed by atoms with Crippen LogP contribution < -0.4 is 10.6 Å². The minimum atomic E-state index is -0.404. The fourth-order valence-corrected chi connectivity index (χ4v) is 3.41. The molecule has 7 nitrogen and oxygen atoms in total. The minimum Gasteiger partial charge on any atom is -0.361 e. The van der Waals surface area contributed by atoms with Crippen molar-refractivity contribution in [3.05, 3.63) is 52.3 Å². The first-order valence-corrected chi connectivity index (χ1v) is 9.22. The zero-order valence-electron chi connectivity index (χ0n) is 15.0. The van der Waals surface area contributed by atoms with Gasteiger partial charge in [0, 0.05) is 6.04 Å². The molecule has 0 saturated heterocycles. The highest BCUT2D eigenvalue weighted by Crippen LogP contribution is 2.33. The number of nitro groups is 1. The molecule has 1 heterocycles. The van der Waals surface area contributed by atoms with Crippen molar-refractivity contribution in [3.8, 4) is 0 Å². The van der Waals surface area contributed by atoms with E-state index in [0.717, 1.165) is 31.2 Å². The standard InChI is InChI=1S/C19H25N5O2/c1-14(15-9-5-4-6-10-15)22-18-17(24(25)26)19(21-13-20-18)23-16-11-7-2-3-8-12-16/h4-6,9-10,13-14,16H,2-3,7-8,11-12H2,1H3,(H2,20,21,22,23). The fourth-order valence-electron chi connectivity index (χ4n) is 3.41. The van der Waals surface area contributed by atoms with Gasteiger partial charge in [-0.15, -0.1) is 0 Å². The number of anilines is 2. The quantitative estimate of drug-likeness (QED) is 0.443. The van der Waals surface area contributed by atoms with E-state index in [2.05, 4.69) is 20.6 Å². The molecule has 1 unspecified atom stereocenters. The Kier molecular flexibility index (Phi) is 5.99. The Hall–Kier alpha value is -2.70. The molecule has 26 heavy (non-hydrogen) atoms. The predicted octanol–water partition coefficient (Wildman–Crippen LogP) is 4.69. The zero-order valence-corrected chi connectivity index (χ0v) is 15.0. The molecule has 1 aromatic carbocycles. The number of hydrogen-bond acceptors (Lipinski definition) is 6. The third-order valence-electron chi connectivity index (χ3n) is 4.85. The van der Waals surface area contributed by atoms with Gasteiger partial charge in [-0.1, -0.05) is 56.0 Å². The Balaban J connectivity index is 1.82. The van der Waals surface area contributed by atoms with Crippen LogP contribution in [0.2, 0.25) is 0 Å². The van der Waals surface area contributed by atoms with E-state index < -0.39 is 4.92 Å². The summed E-state index contributed by atoms with van der Waals surface area (Å²) in [5.41, 5.74) is 0.957. The van der Waals surface area contributed by atoms with Crippen molar-refractivity contribution in [3.63, 3.8) is 0 Å². The third kappa shape index (κ3) is 4.47. The molecule has 0 bridgehead atoms. The van der Waals surface area contributed by atoms with Gasteiger partial charge in [0.05, 0.1) is 11.0 Å². The van der Waals surface area contributed by atoms with Gasteiger partial charge in [-0.05, 0) is 25.3 Å². The summed E-state index contributed by atoms with van der Waals surface area (Å²) in [6, 6.07) is 9.92. The van der Waals surface area contributed by atoms with Crippen LogP contribution in [0.1, 0.15) is 57.1 Å². The summed E-state index contributed by atoms with van der Waals surface area (Å²) in [7, 11) is 0. The first-order chi connectivity index (χ1) is 12.6. The highest BCUT2D eigenvalue weighted by Gasteiger charge is 2.26. The molecule has 0 aliphatic heterocycles. The lowest BCUT2D eigenvalue weighted by Crippen LogP contribution is -2.21. The topological polar surface area (TPSA) is 93.0 Å². The fraction of sp³-hybridized carbons (Fsp3) is 0.474. The van der Waals surface area contributed by atoms with Crippen molar-refractivity contribution in [2.24, 2.45) is 0 Å². The van der Waals surface area contributed by atoms with Crippen molar-refractivity contribution >= 4 is 17.3 Å². The summed E-state index contributed by atoms with van der Waals surface area (Å²) in [5, 5.41) is 18.2. The number of hydrogen-bond donors (Lipinski definition) is 2. The van der Waals surface area contributed by atoms with Crippen LogP contribution in [0.25, 0.3) is 0 Å². The van der Waals surface area contributed by atoms with Gasteiger partial charge in [0.25, 0.3) is 0 Å². The molecule has 1 aromatic heterocycles. The second-order valence-corrected chi connectivity index (χ2v) is 6.79. The number of benzene rings is 1. The maximum atomic E-state index is 11.7. The van der Waals surface area contributed by atoms with Crippen LogP contribution >= 0.6 is 0 Å². The van der Waals surface area contributed by atoms with Crippen LogP contribution in [-0.4, -0.2) is 20.9 Å². The van der Waals surface area contributed by atoms with Crippen LogP contribution in [0.15, 0.2) is 36.7 Å². The molecule has 1 aliphatic carbocycles. The van der Waals surface area contributed by atoms with E-state index in [0.29, 0.717) is 5.82 Å². The Labute approximate surface area is 153 Å². The summed E-state index contributed by atoms with van der Waals surface area (Å²) >= 11 is 0. The van der Waals surface area contributed by atoms with E-state index in [1.54, 1.807) is 0 Å². The van der Waals surface area contributed by atoms with Gasteiger partial charge in [-0.25, -0.2) is 9.97 Å². The highest BCUT2D eigenvalue weighted by atomic mass is 16.6. The van der Waals surface area contributed by atoms with Gasteiger partial charge in [0.2, 0.25) is 11.6 Å². The molecule has 1 atom stereocenters. The lowest BCUT2D eigenvalue weighted by molar-refractivity contribution is -0.383. The maximum Gasteiger partial charge on any atom is 0.353 e. The average molecular weight is 355 g/mol. The lowest BCUT2D eigenvalue weighted by Gasteiger charge is -2.19. The molecule has 0 spiro atoms. The van der Waals surface area contributed by atoms with E-state index in [1.165, 1.54) is 19.2 Å². The predicted molar refractivity (Wildman–Crippen MR) is 102 cm³/mol. The molecule has 3 rings (SSSR count). The molecule has 0 amide bonds. The maximum absolute atomic E-state index is 11.7. The lowest BCUT2D eigenvalue weighted by atomic mass is 10.1. The van der Waals surface area contributed by atoms with Crippen molar-refractivity contribution in [1.29, 1.82) is 0 Å². The van der Waals surface area contributed by atoms with Crippen molar-refractivity contribution < 1.29 is 4.92 Å². The molecule has 1 fully saturated rings. The van der Waals surface area contributed by atoms with Gasteiger partial charge in [0.1, 0.15) is 6.33 Å².